The molecule has 0 aliphatic rings. The number of benzene rings is 1. The zero-order valence-electron chi connectivity index (χ0n) is 11.4. The molecular weight excluding hydrogens is 288 g/mol. The van der Waals surface area contributed by atoms with E-state index in [1.165, 1.54) is 9.58 Å². The molecule has 1 aromatic carbocycles. The van der Waals surface area contributed by atoms with E-state index in [0.717, 1.165) is 22.7 Å². The second-order valence-corrected chi connectivity index (χ2v) is 6.54. The number of likely N-dealkylation sites (N-methyl/N-ethyl adjacent to an activating group) is 1. The molecule has 5 heteroatoms. The van der Waals surface area contributed by atoms with Gasteiger partial charge in [-0.1, -0.05) is 12.1 Å². The van der Waals surface area contributed by atoms with Crippen molar-refractivity contribution in [2.75, 3.05) is 14.2 Å². The fourth-order valence-electron chi connectivity index (χ4n) is 2.24. The van der Waals surface area contributed by atoms with Crippen LogP contribution in [0.2, 0.25) is 0 Å². The van der Waals surface area contributed by atoms with Gasteiger partial charge in [0.25, 0.3) is 0 Å². The first-order valence-corrected chi connectivity index (χ1v) is 8.14. The molecule has 0 fully saturated rings. The van der Waals surface area contributed by atoms with Gasteiger partial charge >= 0.3 is 0 Å². The van der Waals surface area contributed by atoms with E-state index in [1.807, 2.05) is 19.2 Å². The Morgan fingerprint density at radius 1 is 1.30 bits per heavy atom. The summed E-state index contributed by atoms with van der Waals surface area (Å²) < 4.78 is 6.66. The smallest absolute Gasteiger partial charge is 0.134 e. The number of ether oxygens (including phenoxy) is 1. The van der Waals surface area contributed by atoms with Crippen molar-refractivity contribution in [3.05, 3.63) is 45.6 Å². The first-order valence-electron chi connectivity index (χ1n) is 6.45. The van der Waals surface area contributed by atoms with Gasteiger partial charge in [0.1, 0.15) is 5.75 Å². The van der Waals surface area contributed by atoms with E-state index in [9.17, 15) is 0 Å². The van der Waals surface area contributed by atoms with E-state index >= 15 is 0 Å². The molecule has 1 N–H and O–H groups in total. The van der Waals surface area contributed by atoms with Gasteiger partial charge in [-0.15, -0.1) is 22.7 Å². The lowest BCUT2D eigenvalue weighted by Crippen LogP contribution is -2.18. The molecule has 0 saturated heterocycles. The van der Waals surface area contributed by atoms with E-state index in [4.69, 9.17) is 9.72 Å². The van der Waals surface area contributed by atoms with E-state index in [2.05, 4.69) is 28.9 Å². The Bertz CT molecular complexity index is 672. The topological polar surface area (TPSA) is 34.2 Å². The number of hydrogen-bond acceptors (Lipinski definition) is 5. The molecule has 0 spiro atoms. The van der Waals surface area contributed by atoms with Gasteiger partial charge < -0.3 is 10.1 Å². The standard InChI is InChI=1S/C15H16N2OS2/c1-16-11(15-12(18-2)7-8-19-15)9-14-17-10-5-3-4-6-13(10)20-14/h3-8,11,16H,9H2,1-2H3. The van der Waals surface area contributed by atoms with Crippen molar-refractivity contribution < 1.29 is 4.74 Å². The Hall–Kier alpha value is -1.43. The van der Waals surface area contributed by atoms with Gasteiger partial charge in [0.05, 0.1) is 33.3 Å². The number of aromatic nitrogens is 1. The summed E-state index contributed by atoms with van der Waals surface area (Å²) in [6, 6.07) is 10.5. The van der Waals surface area contributed by atoms with Gasteiger partial charge in [-0.05, 0) is 30.6 Å². The molecule has 0 aliphatic heterocycles. The number of thiazole rings is 1. The average molecular weight is 304 g/mol. The van der Waals surface area contributed by atoms with Crippen LogP contribution >= 0.6 is 22.7 Å². The number of methoxy groups -OCH3 is 1. The minimum Gasteiger partial charge on any atom is -0.496 e. The number of thiophene rings is 1. The summed E-state index contributed by atoms with van der Waals surface area (Å²) in [5, 5.41) is 6.59. The zero-order valence-corrected chi connectivity index (χ0v) is 13.1. The van der Waals surface area contributed by atoms with Crippen molar-refractivity contribution in [3.63, 3.8) is 0 Å². The molecule has 0 saturated carbocycles. The van der Waals surface area contributed by atoms with E-state index in [-0.39, 0.29) is 6.04 Å². The summed E-state index contributed by atoms with van der Waals surface area (Å²) in [5.41, 5.74) is 1.08. The maximum Gasteiger partial charge on any atom is 0.134 e. The number of rotatable bonds is 5. The zero-order chi connectivity index (χ0) is 13.9. The average Bonchev–Trinajstić information content (AvgIpc) is 3.10. The quantitative estimate of drug-likeness (QED) is 0.777. The molecule has 2 heterocycles. The highest BCUT2D eigenvalue weighted by molar-refractivity contribution is 7.18. The van der Waals surface area contributed by atoms with Crippen LogP contribution in [0.4, 0.5) is 0 Å². The van der Waals surface area contributed by atoms with Gasteiger partial charge in [-0.3, -0.25) is 0 Å². The highest BCUT2D eigenvalue weighted by Gasteiger charge is 2.18. The molecule has 3 aromatic rings. The predicted octanol–water partition coefficient (Wildman–Crippen LogP) is 3.87. The van der Waals surface area contributed by atoms with Crippen LogP contribution in [0.3, 0.4) is 0 Å². The number of fused-ring (bicyclic) bond motifs is 1. The van der Waals surface area contributed by atoms with Crippen molar-refractivity contribution in [1.29, 1.82) is 0 Å². The minimum atomic E-state index is 0.241. The second kappa shape index (κ2) is 5.91. The summed E-state index contributed by atoms with van der Waals surface area (Å²) in [6.45, 7) is 0. The largest absolute Gasteiger partial charge is 0.496 e. The van der Waals surface area contributed by atoms with Crippen LogP contribution < -0.4 is 10.1 Å². The molecule has 0 bridgehead atoms. The van der Waals surface area contributed by atoms with Gasteiger partial charge in [0, 0.05) is 6.42 Å². The van der Waals surface area contributed by atoms with Crippen molar-refractivity contribution in [3.8, 4) is 5.75 Å². The van der Waals surface area contributed by atoms with E-state index in [1.54, 1.807) is 29.8 Å². The third-order valence-electron chi connectivity index (χ3n) is 3.26. The molecule has 20 heavy (non-hydrogen) atoms. The molecule has 1 unspecified atom stereocenters. The Morgan fingerprint density at radius 3 is 2.90 bits per heavy atom. The first kappa shape index (κ1) is 13.5. The molecule has 0 amide bonds. The minimum absolute atomic E-state index is 0.241. The molecule has 3 nitrogen and oxygen atoms in total. The van der Waals surface area contributed by atoms with Gasteiger partial charge in [-0.2, -0.15) is 0 Å². The number of hydrogen-bond donors (Lipinski definition) is 1. The third-order valence-corrected chi connectivity index (χ3v) is 5.33. The molecule has 1 atom stereocenters. The van der Waals surface area contributed by atoms with Crippen molar-refractivity contribution in [2.45, 2.75) is 12.5 Å². The normalized spacial score (nSPS) is 12.7. The van der Waals surface area contributed by atoms with Gasteiger partial charge in [-0.25, -0.2) is 4.98 Å². The highest BCUT2D eigenvalue weighted by atomic mass is 32.1. The molecule has 3 rings (SSSR count). The first-order chi connectivity index (χ1) is 9.81. The lowest BCUT2D eigenvalue weighted by Gasteiger charge is -2.14. The Labute approximate surface area is 126 Å². The van der Waals surface area contributed by atoms with E-state index in [0.29, 0.717) is 0 Å². The highest BCUT2D eigenvalue weighted by Crippen LogP contribution is 2.34. The second-order valence-electron chi connectivity index (χ2n) is 4.47. The molecular formula is C15H16N2OS2. The summed E-state index contributed by atoms with van der Waals surface area (Å²) in [4.78, 5) is 5.94. The number of nitrogens with one attached hydrogen (secondary N) is 1. The lowest BCUT2D eigenvalue weighted by atomic mass is 10.1. The maximum absolute atomic E-state index is 5.42. The fourth-order valence-corrected chi connectivity index (χ4v) is 4.22. The summed E-state index contributed by atoms with van der Waals surface area (Å²) >= 11 is 3.49. The third kappa shape index (κ3) is 2.57. The number of para-hydroxylation sites is 1. The Morgan fingerprint density at radius 2 is 2.15 bits per heavy atom. The fraction of sp³-hybridized carbons (Fsp3) is 0.267. The summed E-state index contributed by atoms with van der Waals surface area (Å²) in [7, 11) is 3.70. The van der Waals surface area contributed by atoms with E-state index < -0.39 is 0 Å². The van der Waals surface area contributed by atoms with Crippen LogP contribution in [0.1, 0.15) is 15.9 Å². The van der Waals surface area contributed by atoms with Gasteiger partial charge in [0.15, 0.2) is 0 Å². The van der Waals surface area contributed by atoms with Crippen LogP contribution in [-0.4, -0.2) is 19.1 Å². The Balaban J connectivity index is 1.87. The maximum atomic E-state index is 5.42. The van der Waals surface area contributed by atoms with Crippen molar-refractivity contribution in [2.24, 2.45) is 0 Å². The van der Waals surface area contributed by atoms with Crippen LogP contribution in [-0.2, 0) is 6.42 Å². The van der Waals surface area contributed by atoms with Crippen LogP contribution in [0, 0.1) is 0 Å². The summed E-state index contributed by atoms with van der Waals surface area (Å²) in [6.07, 6.45) is 0.882. The van der Waals surface area contributed by atoms with Crippen LogP contribution in [0.15, 0.2) is 35.7 Å². The van der Waals surface area contributed by atoms with Crippen LogP contribution in [0.25, 0.3) is 10.2 Å². The van der Waals surface area contributed by atoms with Crippen molar-refractivity contribution in [1.82, 2.24) is 10.3 Å². The monoisotopic (exact) mass is 304 g/mol. The van der Waals surface area contributed by atoms with Gasteiger partial charge in [0.2, 0.25) is 0 Å². The number of nitrogens with zero attached hydrogens (tertiary/aromatic N) is 1. The molecule has 0 aliphatic carbocycles. The molecule has 104 valence electrons. The molecule has 2 aromatic heterocycles. The predicted molar refractivity (Wildman–Crippen MR) is 86.0 cm³/mol. The Kier molecular flexibility index (Phi) is 4.00. The lowest BCUT2D eigenvalue weighted by molar-refractivity contribution is 0.405. The molecule has 0 radical (unpaired) electrons. The van der Waals surface area contributed by atoms with Crippen LogP contribution in [0.5, 0.6) is 5.75 Å². The van der Waals surface area contributed by atoms with Crippen molar-refractivity contribution >= 4 is 32.9 Å². The SMILES string of the molecule is CNC(Cc1nc2ccccc2s1)c1sccc1OC. The summed E-state index contributed by atoms with van der Waals surface area (Å²) in [5.74, 6) is 0.954.